The molecule has 1 saturated heterocycles. The molecule has 3 rings (SSSR count). The molecule has 1 aliphatic rings. The van der Waals surface area contributed by atoms with Crippen LogP contribution in [0, 0.1) is 5.41 Å². The summed E-state index contributed by atoms with van der Waals surface area (Å²) in [6.45, 7) is -1.09. The molecule has 9 heteroatoms. The fourth-order valence-electron chi connectivity index (χ4n) is 2.98. The number of aliphatic carboxylic acids is 1. The third kappa shape index (κ3) is 2.49. The number of alkyl halides is 3. The number of aromatic nitrogens is 2. The van der Waals surface area contributed by atoms with Crippen molar-refractivity contribution in [1.82, 2.24) is 14.9 Å². The molecule has 2 N–H and O–H groups in total. The quantitative estimate of drug-likeness (QED) is 0.894. The predicted octanol–water partition coefficient (Wildman–Crippen LogP) is 1.97. The van der Waals surface area contributed by atoms with Gasteiger partial charge in [0.15, 0.2) is 5.41 Å². The first kappa shape index (κ1) is 16.3. The van der Waals surface area contributed by atoms with Crippen molar-refractivity contribution in [2.24, 2.45) is 5.41 Å². The summed E-state index contributed by atoms with van der Waals surface area (Å²) >= 11 is 0. The maximum absolute atomic E-state index is 13.2. The van der Waals surface area contributed by atoms with Crippen LogP contribution in [0.25, 0.3) is 11.0 Å². The molecule has 3 heterocycles. The molecule has 1 fully saturated rings. The number of aromatic amines is 1. The summed E-state index contributed by atoms with van der Waals surface area (Å²) in [5, 5.41) is 9.74. The second kappa shape index (κ2) is 5.50. The summed E-state index contributed by atoms with van der Waals surface area (Å²) in [4.78, 5) is 31.4. The monoisotopic (exact) mass is 341 g/mol. The minimum Gasteiger partial charge on any atom is -0.481 e. The molecule has 1 aliphatic heterocycles. The number of nitrogens with one attached hydrogen (secondary N) is 1. The first-order valence-corrected chi connectivity index (χ1v) is 7.23. The van der Waals surface area contributed by atoms with E-state index in [1.54, 1.807) is 24.5 Å². The summed E-state index contributed by atoms with van der Waals surface area (Å²) < 4.78 is 39.5. The van der Waals surface area contributed by atoms with Gasteiger partial charge in [-0.3, -0.25) is 9.59 Å². The lowest BCUT2D eigenvalue weighted by Crippen LogP contribution is -2.47. The van der Waals surface area contributed by atoms with Crippen LogP contribution in [0.5, 0.6) is 0 Å². The summed E-state index contributed by atoms with van der Waals surface area (Å²) in [6, 6.07) is 3.45. The molecule has 1 unspecified atom stereocenters. The minimum atomic E-state index is -4.90. The Labute approximate surface area is 134 Å². The first-order chi connectivity index (χ1) is 11.2. The topological polar surface area (TPSA) is 86.3 Å². The summed E-state index contributed by atoms with van der Waals surface area (Å²) in [6.07, 6.45) is -2.49. The molecule has 1 amide bonds. The number of carbonyl (C=O) groups is 2. The van der Waals surface area contributed by atoms with Crippen molar-refractivity contribution in [2.75, 3.05) is 13.1 Å². The molecule has 0 aliphatic carbocycles. The molecule has 0 aromatic carbocycles. The van der Waals surface area contributed by atoms with Gasteiger partial charge in [0.2, 0.25) is 5.91 Å². The number of amides is 1. The Morgan fingerprint density at radius 1 is 1.42 bits per heavy atom. The number of H-pyrrole nitrogens is 1. The van der Waals surface area contributed by atoms with Crippen molar-refractivity contribution in [3.63, 3.8) is 0 Å². The molecule has 2 aromatic heterocycles. The predicted molar refractivity (Wildman–Crippen MR) is 77.1 cm³/mol. The lowest BCUT2D eigenvalue weighted by Gasteiger charge is -2.27. The Balaban J connectivity index is 1.78. The van der Waals surface area contributed by atoms with Crippen LogP contribution in [0.4, 0.5) is 13.2 Å². The lowest BCUT2D eigenvalue weighted by molar-refractivity contribution is -0.227. The Hall–Kier alpha value is -2.58. The fourth-order valence-corrected chi connectivity index (χ4v) is 2.98. The highest BCUT2D eigenvalue weighted by molar-refractivity contribution is 5.88. The highest BCUT2D eigenvalue weighted by atomic mass is 19.4. The van der Waals surface area contributed by atoms with Crippen LogP contribution >= 0.6 is 0 Å². The van der Waals surface area contributed by atoms with Crippen LogP contribution in [-0.4, -0.2) is 51.1 Å². The maximum atomic E-state index is 13.2. The van der Waals surface area contributed by atoms with Crippen molar-refractivity contribution in [2.45, 2.75) is 19.0 Å². The summed E-state index contributed by atoms with van der Waals surface area (Å²) in [5.74, 6) is -2.48. The van der Waals surface area contributed by atoms with Gasteiger partial charge in [-0.05, 0) is 24.1 Å². The number of pyridine rings is 1. The van der Waals surface area contributed by atoms with E-state index < -0.39 is 36.4 Å². The van der Waals surface area contributed by atoms with Gasteiger partial charge in [-0.25, -0.2) is 4.98 Å². The molecule has 128 valence electrons. The zero-order chi connectivity index (χ0) is 17.5. The van der Waals surface area contributed by atoms with Gasteiger partial charge in [0.25, 0.3) is 0 Å². The van der Waals surface area contributed by atoms with Gasteiger partial charge in [-0.1, -0.05) is 0 Å². The number of likely N-dealkylation sites (tertiary alicyclic amines) is 1. The second-order valence-electron chi connectivity index (χ2n) is 5.84. The van der Waals surface area contributed by atoms with E-state index in [9.17, 15) is 22.8 Å². The van der Waals surface area contributed by atoms with Crippen molar-refractivity contribution < 1.29 is 27.9 Å². The standard InChI is InChI=1S/C15H14F3N3O3/c16-15(17,18)14(13(23)24)3-5-21(8-14)11(22)6-9-7-20-12-10(9)2-1-4-19-12/h1-2,4,7H,3,5-6,8H2,(H,19,20)(H,23,24). The Morgan fingerprint density at radius 3 is 2.79 bits per heavy atom. The van der Waals surface area contributed by atoms with Crippen molar-refractivity contribution in [1.29, 1.82) is 0 Å². The molecule has 24 heavy (non-hydrogen) atoms. The van der Waals surface area contributed by atoms with Gasteiger partial charge >= 0.3 is 12.1 Å². The molecule has 6 nitrogen and oxygen atoms in total. The molecule has 0 saturated carbocycles. The zero-order valence-corrected chi connectivity index (χ0v) is 12.4. The van der Waals surface area contributed by atoms with Crippen LogP contribution in [0.15, 0.2) is 24.5 Å². The van der Waals surface area contributed by atoms with Gasteiger partial charge in [0.05, 0.1) is 6.42 Å². The number of carboxylic acids is 1. The number of fused-ring (bicyclic) bond motifs is 1. The van der Waals surface area contributed by atoms with Crippen molar-refractivity contribution in [3.8, 4) is 0 Å². The third-order valence-corrected chi connectivity index (χ3v) is 4.45. The SMILES string of the molecule is O=C(Cc1c[nH]c2ncccc12)N1CCC(C(=O)O)(C(F)(F)F)C1. The van der Waals surface area contributed by atoms with Crippen molar-refractivity contribution in [3.05, 3.63) is 30.1 Å². The third-order valence-electron chi connectivity index (χ3n) is 4.45. The summed E-state index contributed by atoms with van der Waals surface area (Å²) in [7, 11) is 0. The Morgan fingerprint density at radius 2 is 2.17 bits per heavy atom. The van der Waals surface area contributed by atoms with E-state index in [0.29, 0.717) is 16.6 Å². The fraction of sp³-hybridized carbons (Fsp3) is 0.400. The van der Waals surface area contributed by atoms with Crippen LogP contribution in [0.2, 0.25) is 0 Å². The highest BCUT2D eigenvalue weighted by Crippen LogP contribution is 2.45. The largest absolute Gasteiger partial charge is 0.481 e. The molecule has 0 spiro atoms. The van der Waals surface area contributed by atoms with E-state index in [1.165, 1.54) is 0 Å². The number of nitrogens with zero attached hydrogens (tertiary/aromatic N) is 2. The normalized spacial score (nSPS) is 21.4. The summed E-state index contributed by atoms with van der Waals surface area (Å²) in [5.41, 5.74) is -1.69. The number of carboxylic acid groups (broad SMARTS) is 1. The number of hydrogen-bond acceptors (Lipinski definition) is 3. The zero-order valence-electron chi connectivity index (χ0n) is 12.4. The lowest BCUT2D eigenvalue weighted by atomic mass is 9.86. The molecular weight excluding hydrogens is 327 g/mol. The van der Waals surface area contributed by atoms with Crippen LogP contribution in [-0.2, 0) is 16.0 Å². The number of hydrogen-bond donors (Lipinski definition) is 2. The van der Waals surface area contributed by atoms with Crippen LogP contribution in [0.1, 0.15) is 12.0 Å². The minimum absolute atomic E-state index is 0.112. The van der Waals surface area contributed by atoms with Crippen LogP contribution in [0.3, 0.4) is 0 Å². The Kier molecular flexibility index (Phi) is 3.73. The van der Waals surface area contributed by atoms with Gasteiger partial charge in [0.1, 0.15) is 5.65 Å². The van der Waals surface area contributed by atoms with E-state index >= 15 is 0 Å². The average molecular weight is 341 g/mol. The molecule has 0 bridgehead atoms. The van der Waals surface area contributed by atoms with Crippen molar-refractivity contribution >= 4 is 22.9 Å². The molecule has 1 atom stereocenters. The second-order valence-corrected chi connectivity index (χ2v) is 5.84. The van der Waals surface area contributed by atoms with E-state index in [1.807, 2.05) is 0 Å². The van der Waals surface area contributed by atoms with Gasteiger partial charge in [0, 0.05) is 30.9 Å². The molecular formula is C15H14F3N3O3. The Bertz CT molecular complexity index is 802. The average Bonchev–Trinajstić information content (AvgIpc) is 3.12. The number of carbonyl (C=O) groups excluding carboxylic acids is 1. The first-order valence-electron chi connectivity index (χ1n) is 7.23. The smallest absolute Gasteiger partial charge is 0.406 e. The molecule has 2 aromatic rings. The van der Waals surface area contributed by atoms with Crippen LogP contribution < -0.4 is 0 Å². The van der Waals surface area contributed by atoms with E-state index in [-0.39, 0.29) is 13.0 Å². The van der Waals surface area contributed by atoms with Gasteiger partial charge < -0.3 is 15.0 Å². The molecule has 0 radical (unpaired) electrons. The van der Waals surface area contributed by atoms with E-state index in [4.69, 9.17) is 5.11 Å². The highest BCUT2D eigenvalue weighted by Gasteiger charge is 2.64. The van der Waals surface area contributed by atoms with Gasteiger partial charge in [-0.2, -0.15) is 13.2 Å². The number of rotatable bonds is 3. The van der Waals surface area contributed by atoms with Gasteiger partial charge in [-0.15, -0.1) is 0 Å². The van der Waals surface area contributed by atoms with E-state index in [2.05, 4.69) is 9.97 Å². The van der Waals surface area contributed by atoms with E-state index in [0.717, 1.165) is 4.90 Å². The maximum Gasteiger partial charge on any atom is 0.406 e. The number of halogens is 3.